The fourth-order valence-electron chi connectivity index (χ4n) is 2.99. The van der Waals surface area contributed by atoms with Gasteiger partial charge in [-0.3, -0.25) is 4.79 Å². The molecule has 0 spiro atoms. The Hall–Kier alpha value is -2.58. The van der Waals surface area contributed by atoms with Crippen molar-refractivity contribution in [3.8, 4) is 11.3 Å². The molecule has 9 heteroatoms. The Labute approximate surface area is 152 Å². The van der Waals surface area contributed by atoms with Crippen LogP contribution in [0.5, 0.6) is 0 Å². The number of anilines is 1. The van der Waals surface area contributed by atoms with Crippen LogP contribution in [0, 0.1) is 5.82 Å². The second kappa shape index (κ2) is 6.62. The van der Waals surface area contributed by atoms with E-state index in [2.05, 4.69) is 20.2 Å². The molecule has 134 valence electrons. The summed E-state index contributed by atoms with van der Waals surface area (Å²) in [6, 6.07) is 4.32. The van der Waals surface area contributed by atoms with Crippen molar-refractivity contribution < 1.29 is 9.13 Å². The van der Waals surface area contributed by atoms with E-state index in [0.29, 0.717) is 36.7 Å². The summed E-state index contributed by atoms with van der Waals surface area (Å²) >= 11 is 5.85. The van der Waals surface area contributed by atoms with Crippen molar-refractivity contribution in [1.82, 2.24) is 20.2 Å². The Kier molecular flexibility index (Phi) is 4.29. The molecule has 7 nitrogen and oxygen atoms in total. The molecular weight excluding hydrogens is 361 g/mol. The van der Waals surface area contributed by atoms with Crippen molar-refractivity contribution in [2.24, 2.45) is 0 Å². The van der Waals surface area contributed by atoms with Gasteiger partial charge in [-0.15, -0.1) is 0 Å². The predicted octanol–water partition coefficient (Wildman–Crippen LogP) is 2.40. The van der Waals surface area contributed by atoms with Crippen LogP contribution in [-0.2, 0) is 4.74 Å². The Morgan fingerprint density at radius 2 is 2.23 bits per heavy atom. The monoisotopic (exact) mass is 375 g/mol. The first kappa shape index (κ1) is 16.9. The van der Waals surface area contributed by atoms with Gasteiger partial charge in [0.15, 0.2) is 0 Å². The molecule has 1 aromatic carbocycles. The molecule has 0 bridgehead atoms. The molecule has 0 aliphatic carbocycles. The molecule has 1 N–H and O–H groups in total. The van der Waals surface area contributed by atoms with Gasteiger partial charge in [0, 0.05) is 23.7 Å². The lowest BCUT2D eigenvalue weighted by atomic mass is 10.1. The number of aromatic nitrogens is 4. The van der Waals surface area contributed by atoms with Gasteiger partial charge in [0.2, 0.25) is 5.95 Å². The summed E-state index contributed by atoms with van der Waals surface area (Å²) in [5, 5.41) is 6.82. The first-order valence-electron chi connectivity index (χ1n) is 8.10. The maximum Gasteiger partial charge on any atom is 0.290 e. The van der Waals surface area contributed by atoms with Crippen LogP contribution in [0.1, 0.15) is 6.92 Å². The van der Waals surface area contributed by atoms with Gasteiger partial charge in [-0.05, 0) is 25.1 Å². The molecule has 1 fully saturated rings. The summed E-state index contributed by atoms with van der Waals surface area (Å²) in [7, 11) is 0. The van der Waals surface area contributed by atoms with E-state index in [1.807, 2.05) is 11.8 Å². The number of morpholine rings is 1. The molecule has 3 aromatic rings. The highest BCUT2D eigenvalue weighted by Gasteiger charge is 2.22. The van der Waals surface area contributed by atoms with Crippen molar-refractivity contribution in [2.45, 2.75) is 13.0 Å². The summed E-state index contributed by atoms with van der Waals surface area (Å²) in [4.78, 5) is 23.1. The van der Waals surface area contributed by atoms with Crippen molar-refractivity contribution in [2.75, 3.05) is 24.6 Å². The quantitative estimate of drug-likeness (QED) is 0.740. The minimum absolute atomic E-state index is 0.00879. The van der Waals surface area contributed by atoms with Crippen LogP contribution in [0.4, 0.5) is 10.3 Å². The van der Waals surface area contributed by atoms with Crippen molar-refractivity contribution in [3.63, 3.8) is 0 Å². The lowest BCUT2D eigenvalue weighted by Gasteiger charge is -2.31. The van der Waals surface area contributed by atoms with Gasteiger partial charge in [0.25, 0.3) is 5.56 Å². The number of fused-ring (bicyclic) bond motifs is 1. The lowest BCUT2D eigenvalue weighted by molar-refractivity contribution is 0.0526. The number of hydrogen-bond donors (Lipinski definition) is 1. The third-order valence-electron chi connectivity index (χ3n) is 4.22. The molecule has 2 aromatic heterocycles. The number of ether oxygens (including phenoxy) is 1. The molecule has 1 unspecified atom stereocenters. The number of rotatable bonds is 2. The van der Waals surface area contributed by atoms with Gasteiger partial charge >= 0.3 is 0 Å². The van der Waals surface area contributed by atoms with Gasteiger partial charge in [0.1, 0.15) is 11.3 Å². The summed E-state index contributed by atoms with van der Waals surface area (Å²) in [5.41, 5.74) is 0.241. The van der Waals surface area contributed by atoms with Gasteiger partial charge in [-0.25, -0.2) is 19.5 Å². The summed E-state index contributed by atoms with van der Waals surface area (Å²) in [6.45, 7) is 3.64. The summed E-state index contributed by atoms with van der Waals surface area (Å²) in [5.74, 6) is -0.173. The highest BCUT2D eigenvalue weighted by molar-refractivity contribution is 6.30. The number of hydrogen-bond acceptors (Lipinski definition) is 6. The highest BCUT2D eigenvalue weighted by atomic mass is 35.5. The van der Waals surface area contributed by atoms with Crippen LogP contribution in [0.3, 0.4) is 0 Å². The van der Waals surface area contributed by atoms with E-state index in [-0.39, 0.29) is 22.2 Å². The van der Waals surface area contributed by atoms with Crippen LogP contribution >= 0.6 is 11.6 Å². The smallest absolute Gasteiger partial charge is 0.290 e. The lowest BCUT2D eigenvalue weighted by Crippen LogP contribution is -2.42. The van der Waals surface area contributed by atoms with Crippen LogP contribution in [0.25, 0.3) is 22.2 Å². The van der Waals surface area contributed by atoms with Gasteiger partial charge in [0.05, 0.1) is 30.0 Å². The molecule has 0 saturated carbocycles. The van der Waals surface area contributed by atoms with Gasteiger partial charge in [-0.2, -0.15) is 5.10 Å². The number of H-pyrrole nitrogens is 1. The fourth-order valence-corrected chi connectivity index (χ4v) is 3.15. The van der Waals surface area contributed by atoms with E-state index in [1.165, 1.54) is 18.3 Å². The topological polar surface area (TPSA) is 84.0 Å². The predicted molar refractivity (Wildman–Crippen MR) is 96.0 cm³/mol. The number of aromatic amines is 1. The second-order valence-corrected chi connectivity index (χ2v) is 6.52. The number of benzene rings is 1. The first-order chi connectivity index (χ1) is 12.5. The van der Waals surface area contributed by atoms with Gasteiger partial charge in [-0.1, -0.05) is 11.6 Å². The average molecular weight is 376 g/mol. The molecule has 1 saturated heterocycles. The van der Waals surface area contributed by atoms with Crippen molar-refractivity contribution >= 4 is 28.5 Å². The maximum atomic E-state index is 14.5. The number of nitrogens with one attached hydrogen (secondary N) is 1. The van der Waals surface area contributed by atoms with Crippen LogP contribution < -0.4 is 10.5 Å². The highest BCUT2D eigenvalue weighted by Crippen LogP contribution is 2.30. The third kappa shape index (κ3) is 3.02. The first-order valence-corrected chi connectivity index (χ1v) is 8.48. The van der Waals surface area contributed by atoms with E-state index >= 15 is 0 Å². The average Bonchev–Trinajstić information content (AvgIpc) is 2.62. The second-order valence-electron chi connectivity index (χ2n) is 6.09. The standard InChI is InChI=1S/C17H15ClFN5O2/c1-9-8-24(4-5-26-9)17-21-14(11-3-2-10(18)6-13(11)19)12-7-20-23-16(25)15(12)22-17/h2-3,6-7,9H,4-5,8H2,1H3,(H,23,25). The molecule has 26 heavy (non-hydrogen) atoms. The summed E-state index contributed by atoms with van der Waals surface area (Å²) < 4.78 is 20.1. The van der Waals surface area contributed by atoms with E-state index in [1.54, 1.807) is 6.07 Å². The maximum absolute atomic E-state index is 14.5. The fraction of sp³-hybridized carbons (Fsp3) is 0.294. The molecular formula is C17H15ClFN5O2. The van der Waals surface area contributed by atoms with Crippen LogP contribution in [-0.4, -0.2) is 46.0 Å². The normalized spacial score (nSPS) is 17.7. The Bertz CT molecular complexity index is 1040. The molecule has 1 aliphatic heterocycles. The SMILES string of the molecule is CC1CN(c2nc(-c3ccc(Cl)cc3F)c3cn[nH]c(=O)c3n2)CCO1. The van der Waals surface area contributed by atoms with Crippen molar-refractivity contribution in [1.29, 1.82) is 0 Å². The Morgan fingerprint density at radius 3 is 3.00 bits per heavy atom. The van der Waals surface area contributed by atoms with E-state index in [4.69, 9.17) is 16.3 Å². The Morgan fingerprint density at radius 1 is 1.38 bits per heavy atom. The number of halogens is 2. The molecule has 0 amide bonds. The van der Waals surface area contributed by atoms with E-state index < -0.39 is 11.4 Å². The Balaban J connectivity index is 1.95. The zero-order valence-corrected chi connectivity index (χ0v) is 14.6. The molecule has 3 heterocycles. The van der Waals surface area contributed by atoms with Gasteiger partial charge < -0.3 is 9.64 Å². The number of nitrogens with zero attached hydrogens (tertiary/aromatic N) is 4. The van der Waals surface area contributed by atoms with E-state index in [0.717, 1.165) is 0 Å². The molecule has 0 radical (unpaired) electrons. The minimum atomic E-state index is -0.529. The zero-order valence-electron chi connectivity index (χ0n) is 13.9. The molecule has 1 atom stereocenters. The van der Waals surface area contributed by atoms with Crippen molar-refractivity contribution in [3.05, 3.63) is 45.6 Å². The largest absolute Gasteiger partial charge is 0.375 e. The van der Waals surface area contributed by atoms with Crippen LogP contribution in [0.2, 0.25) is 5.02 Å². The van der Waals surface area contributed by atoms with Crippen LogP contribution in [0.15, 0.2) is 29.2 Å². The third-order valence-corrected chi connectivity index (χ3v) is 4.45. The molecule has 1 aliphatic rings. The summed E-state index contributed by atoms with van der Waals surface area (Å²) in [6.07, 6.45) is 1.43. The minimum Gasteiger partial charge on any atom is -0.375 e. The zero-order chi connectivity index (χ0) is 18.3. The van der Waals surface area contributed by atoms with E-state index in [9.17, 15) is 9.18 Å². The molecule has 4 rings (SSSR count).